The van der Waals surface area contributed by atoms with Crippen LogP contribution in [0.1, 0.15) is 11.7 Å². The fourth-order valence-electron chi connectivity index (χ4n) is 1.48. The van der Waals surface area contributed by atoms with Gasteiger partial charge in [-0.15, -0.1) is 0 Å². The van der Waals surface area contributed by atoms with Crippen LogP contribution in [-0.4, -0.2) is 29.5 Å². The van der Waals surface area contributed by atoms with Crippen LogP contribution in [0.25, 0.3) is 0 Å². The van der Waals surface area contributed by atoms with Gasteiger partial charge in [0.15, 0.2) is 0 Å². The van der Waals surface area contributed by atoms with Crippen LogP contribution in [0.5, 0.6) is 0 Å². The number of hydrogen-bond acceptors (Lipinski definition) is 3. The second-order valence-corrected chi connectivity index (χ2v) is 2.96. The highest BCUT2D eigenvalue weighted by Gasteiger charge is 2.17. The van der Waals surface area contributed by atoms with Crippen molar-refractivity contribution in [1.29, 1.82) is 0 Å². The van der Waals surface area contributed by atoms with Crippen molar-refractivity contribution in [2.24, 2.45) is 7.05 Å². The molecular formula is C8H13N3O. The van der Waals surface area contributed by atoms with Crippen molar-refractivity contribution in [1.82, 2.24) is 15.1 Å². The van der Waals surface area contributed by atoms with Crippen molar-refractivity contribution >= 4 is 0 Å². The highest BCUT2D eigenvalue weighted by atomic mass is 16.5. The van der Waals surface area contributed by atoms with Gasteiger partial charge in [0.2, 0.25) is 0 Å². The van der Waals surface area contributed by atoms with Crippen molar-refractivity contribution < 1.29 is 4.74 Å². The molecule has 1 aliphatic heterocycles. The van der Waals surface area contributed by atoms with Gasteiger partial charge in [0, 0.05) is 19.8 Å². The molecule has 1 saturated heterocycles. The molecule has 0 amide bonds. The van der Waals surface area contributed by atoms with Gasteiger partial charge in [-0.25, -0.2) is 0 Å². The molecule has 0 radical (unpaired) electrons. The minimum Gasteiger partial charge on any atom is -0.378 e. The van der Waals surface area contributed by atoms with Crippen molar-refractivity contribution in [2.75, 3.05) is 19.8 Å². The lowest BCUT2D eigenvalue weighted by atomic mass is 10.2. The second-order valence-electron chi connectivity index (χ2n) is 2.96. The van der Waals surface area contributed by atoms with E-state index in [0.717, 1.165) is 19.8 Å². The number of nitrogens with zero attached hydrogens (tertiary/aromatic N) is 2. The number of morpholine rings is 1. The van der Waals surface area contributed by atoms with Crippen molar-refractivity contribution in [2.45, 2.75) is 6.04 Å². The SMILES string of the molecule is Cn1nccc1C1COCCN1. The van der Waals surface area contributed by atoms with Gasteiger partial charge >= 0.3 is 0 Å². The Balaban J connectivity index is 2.13. The summed E-state index contributed by atoms with van der Waals surface area (Å²) in [6, 6.07) is 2.33. The van der Waals surface area contributed by atoms with Crippen LogP contribution in [0.15, 0.2) is 12.3 Å². The first kappa shape index (κ1) is 7.76. The van der Waals surface area contributed by atoms with Crippen LogP contribution in [0.4, 0.5) is 0 Å². The molecule has 66 valence electrons. The number of nitrogens with one attached hydrogen (secondary N) is 1. The smallest absolute Gasteiger partial charge is 0.0730 e. The van der Waals surface area contributed by atoms with Gasteiger partial charge in [-0.2, -0.15) is 5.10 Å². The van der Waals surface area contributed by atoms with E-state index in [1.807, 2.05) is 24.0 Å². The zero-order chi connectivity index (χ0) is 8.39. The third-order valence-corrected chi connectivity index (χ3v) is 2.14. The molecule has 2 rings (SSSR count). The second kappa shape index (κ2) is 3.25. The molecule has 1 aromatic heterocycles. The fraction of sp³-hybridized carbons (Fsp3) is 0.625. The van der Waals surface area contributed by atoms with E-state index in [9.17, 15) is 0 Å². The Morgan fingerprint density at radius 3 is 3.25 bits per heavy atom. The molecule has 4 nitrogen and oxygen atoms in total. The van der Waals surface area contributed by atoms with E-state index in [1.54, 1.807) is 0 Å². The van der Waals surface area contributed by atoms with Gasteiger partial charge in [-0.05, 0) is 6.07 Å². The summed E-state index contributed by atoms with van der Waals surface area (Å²) in [5, 5.41) is 7.49. The summed E-state index contributed by atoms with van der Waals surface area (Å²) < 4.78 is 7.24. The van der Waals surface area contributed by atoms with Crippen molar-refractivity contribution in [3.05, 3.63) is 18.0 Å². The van der Waals surface area contributed by atoms with Gasteiger partial charge < -0.3 is 10.1 Å². The van der Waals surface area contributed by atoms with Gasteiger partial charge in [0.25, 0.3) is 0 Å². The Hall–Kier alpha value is -0.870. The Labute approximate surface area is 71.5 Å². The zero-order valence-electron chi connectivity index (χ0n) is 7.16. The molecule has 1 N–H and O–H groups in total. The number of aromatic nitrogens is 2. The lowest BCUT2D eigenvalue weighted by molar-refractivity contribution is 0.0744. The minimum atomic E-state index is 0.311. The summed E-state index contributed by atoms with van der Waals surface area (Å²) in [6.07, 6.45) is 1.81. The van der Waals surface area contributed by atoms with E-state index in [1.165, 1.54) is 5.69 Å². The normalized spacial score (nSPS) is 24.2. The Bertz CT molecular complexity index is 253. The summed E-state index contributed by atoms with van der Waals surface area (Å²) in [6.45, 7) is 2.49. The average molecular weight is 167 g/mol. The molecule has 0 spiro atoms. The van der Waals surface area contributed by atoms with E-state index in [4.69, 9.17) is 4.74 Å². The quantitative estimate of drug-likeness (QED) is 0.644. The molecule has 1 atom stereocenters. The number of ether oxygens (including phenoxy) is 1. The third kappa shape index (κ3) is 1.35. The summed E-state index contributed by atoms with van der Waals surface area (Å²) in [7, 11) is 1.95. The van der Waals surface area contributed by atoms with Gasteiger partial charge in [0.1, 0.15) is 0 Å². The molecule has 1 aromatic rings. The largest absolute Gasteiger partial charge is 0.378 e. The minimum absolute atomic E-state index is 0.311. The molecule has 0 aliphatic carbocycles. The predicted molar refractivity (Wildman–Crippen MR) is 44.8 cm³/mol. The first-order valence-corrected chi connectivity index (χ1v) is 4.17. The van der Waals surface area contributed by atoms with Crippen LogP contribution < -0.4 is 5.32 Å². The molecule has 12 heavy (non-hydrogen) atoms. The number of rotatable bonds is 1. The van der Waals surface area contributed by atoms with Crippen molar-refractivity contribution in [3.63, 3.8) is 0 Å². The standard InChI is InChI=1S/C8H13N3O/c1-11-8(2-3-10-11)7-6-12-5-4-9-7/h2-3,7,9H,4-6H2,1H3. The molecule has 1 aliphatic rings. The lowest BCUT2D eigenvalue weighted by Crippen LogP contribution is -2.35. The van der Waals surface area contributed by atoms with Crippen LogP contribution in [0.3, 0.4) is 0 Å². The van der Waals surface area contributed by atoms with Gasteiger partial charge in [-0.1, -0.05) is 0 Å². The molecule has 1 fully saturated rings. The van der Waals surface area contributed by atoms with Crippen molar-refractivity contribution in [3.8, 4) is 0 Å². The first-order chi connectivity index (χ1) is 5.88. The summed E-state index contributed by atoms with van der Waals surface area (Å²) in [5.41, 5.74) is 1.19. The van der Waals surface area contributed by atoms with Crippen LogP contribution in [0, 0.1) is 0 Å². The highest BCUT2D eigenvalue weighted by molar-refractivity contribution is 5.07. The van der Waals surface area contributed by atoms with E-state index < -0.39 is 0 Å². The molecule has 0 aromatic carbocycles. The molecule has 2 heterocycles. The first-order valence-electron chi connectivity index (χ1n) is 4.17. The maximum absolute atomic E-state index is 5.36. The zero-order valence-corrected chi connectivity index (χ0v) is 7.16. The van der Waals surface area contributed by atoms with Crippen LogP contribution in [0.2, 0.25) is 0 Å². The van der Waals surface area contributed by atoms with E-state index in [2.05, 4.69) is 10.4 Å². The Morgan fingerprint density at radius 2 is 2.67 bits per heavy atom. The number of aryl methyl sites for hydroxylation is 1. The molecule has 0 saturated carbocycles. The lowest BCUT2D eigenvalue weighted by Gasteiger charge is -2.23. The molecule has 4 heteroatoms. The fourth-order valence-corrected chi connectivity index (χ4v) is 1.48. The topological polar surface area (TPSA) is 39.1 Å². The van der Waals surface area contributed by atoms with E-state index in [-0.39, 0.29) is 0 Å². The number of hydrogen-bond donors (Lipinski definition) is 1. The van der Waals surface area contributed by atoms with Gasteiger partial charge in [-0.3, -0.25) is 4.68 Å². The molecule has 0 bridgehead atoms. The third-order valence-electron chi connectivity index (χ3n) is 2.14. The monoisotopic (exact) mass is 167 g/mol. The predicted octanol–water partition coefficient (Wildman–Crippen LogP) is 0.0810. The maximum atomic E-state index is 5.36. The maximum Gasteiger partial charge on any atom is 0.0730 e. The highest BCUT2D eigenvalue weighted by Crippen LogP contribution is 2.13. The van der Waals surface area contributed by atoms with Crippen LogP contribution >= 0.6 is 0 Å². The molecule has 1 unspecified atom stereocenters. The summed E-state index contributed by atoms with van der Waals surface area (Å²) >= 11 is 0. The van der Waals surface area contributed by atoms with Crippen LogP contribution in [-0.2, 0) is 11.8 Å². The Kier molecular flexibility index (Phi) is 2.10. The Morgan fingerprint density at radius 1 is 1.75 bits per heavy atom. The molecular weight excluding hydrogens is 154 g/mol. The van der Waals surface area contributed by atoms with Gasteiger partial charge in [0.05, 0.1) is 24.9 Å². The average Bonchev–Trinajstić information content (AvgIpc) is 2.53. The van der Waals surface area contributed by atoms with E-state index >= 15 is 0 Å². The summed E-state index contributed by atoms with van der Waals surface area (Å²) in [4.78, 5) is 0. The summed E-state index contributed by atoms with van der Waals surface area (Å²) in [5.74, 6) is 0. The van der Waals surface area contributed by atoms with E-state index in [0.29, 0.717) is 6.04 Å².